The first-order valence-electron chi connectivity index (χ1n) is 7.07. The number of aryl methyl sites for hydroxylation is 1. The zero-order chi connectivity index (χ0) is 13.1. The number of nitrogens with one attached hydrogen (secondary N) is 1. The van der Waals surface area contributed by atoms with Crippen molar-refractivity contribution in [3.63, 3.8) is 0 Å². The van der Waals surface area contributed by atoms with Gasteiger partial charge in [0.15, 0.2) is 0 Å². The fourth-order valence-electron chi connectivity index (χ4n) is 2.28. The molecule has 1 unspecified atom stereocenters. The summed E-state index contributed by atoms with van der Waals surface area (Å²) in [5.74, 6) is 2.72. The van der Waals surface area contributed by atoms with Crippen LogP contribution in [0.25, 0.3) is 0 Å². The van der Waals surface area contributed by atoms with Crippen molar-refractivity contribution >= 4 is 0 Å². The molecule has 1 aromatic carbocycles. The molecule has 98 valence electrons. The van der Waals surface area contributed by atoms with Gasteiger partial charge in [-0.1, -0.05) is 37.3 Å². The summed E-state index contributed by atoms with van der Waals surface area (Å²) < 4.78 is 0. The van der Waals surface area contributed by atoms with Crippen molar-refractivity contribution in [2.24, 2.45) is 0 Å². The van der Waals surface area contributed by atoms with Crippen LogP contribution in [0.1, 0.15) is 44.6 Å². The molecule has 0 radical (unpaired) electrons. The minimum atomic E-state index is 0.632. The predicted octanol–water partition coefficient (Wildman–Crippen LogP) is 3.79. The molecule has 0 aliphatic carbocycles. The highest BCUT2D eigenvalue weighted by Gasteiger charge is 2.06. The van der Waals surface area contributed by atoms with E-state index >= 15 is 0 Å². The van der Waals surface area contributed by atoms with Gasteiger partial charge < -0.3 is 5.32 Å². The van der Waals surface area contributed by atoms with E-state index in [1.54, 1.807) is 0 Å². The van der Waals surface area contributed by atoms with Crippen LogP contribution in [0.4, 0.5) is 0 Å². The summed E-state index contributed by atoms with van der Waals surface area (Å²) >= 11 is 0. The first-order valence-corrected chi connectivity index (χ1v) is 7.07. The normalized spacial score (nSPS) is 12.0. The van der Waals surface area contributed by atoms with Gasteiger partial charge in [-0.15, -0.1) is 12.3 Å². The third-order valence-electron chi connectivity index (χ3n) is 3.23. The summed E-state index contributed by atoms with van der Waals surface area (Å²) in [5, 5.41) is 3.56. The Bertz CT molecular complexity index is 336. The molecule has 0 amide bonds. The van der Waals surface area contributed by atoms with E-state index in [1.165, 1.54) is 31.2 Å². The molecule has 0 aliphatic heterocycles. The highest BCUT2D eigenvalue weighted by Crippen LogP contribution is 2.10. The lowest BCUT2D eigenvalue weighted by Crippen LogP contribution is -2.28. The molecule has 0 bridgehead atoms. The van der Waals surface area contributed by atoms with E-state index < -0.39 is 0 Å². The van der Waals surface area contributed by atoms with E-state index in [1.807, 2.05) is 0 Å². The van der Waals surface area contributed by atoms with Gasteiger partial charge in [0.25, 0.3) is 0 Å². The van der Waals surface area contributed by atoms with Gasteiger partial charge in [-0.2, -0.15) is 0 Å². The van der Waals surface area contributed by atoms with Gasteiger partial charge in [0.1, 0.15) is 0 Å². The summed E-state index contributed by atoms with van der Waals surface area (Å²) in [6.45, 7) is 3.22. The number of rotatable bonds is 9. The molecule has 18 heavy (non-hydrogen) atoms. The Balaban J connectivity index is 2.22. The second kappa shape index (κ2) is 9.74. The average molecular weight is 243 g/mol. The molecule has 0 spiro atoms. The smallest absolute Gasteiger partial charge is 0.00866 e. The Labute approximate surface area is 112 Å². The molecule has 0 heterocycles. The average Bonchev–Trinajstić information content (AvgIpc) is 2.40. The lowest BCUT2D eigenvalue weighted by Gasteiger charge is -2.17. The second-order valence-corrected chi connectivity index (χ2v) is 4.73. The standard InChI is InChI=1S/C17H25N/c1-3-5-7-14-17(18-4-2)15-10-13-16-11-8-6-9-12-16/h1,6,8-9,11-12,17-18H,4-5,7,10,13-15H2,2H3. The van der Waals surface area contributed by atoms with E-state index in [4.69, 9.17) is 6.42 Å². The van der Waals surface area contributed by atoms with Crippen molar-refractivity contribution in [1.29, 1.82) is 0 Å². The summed E-state index contributed by atoms with van der Waals surface area (Å²) in [7, 11) is 0. The molecule has 1 N–H and O–H groups in total. The van der Waals surface area contributed by atoms with E-state index in [0.717, 1.165) is 19.4 Å². The maximum absolute atomic E-state index is 5.29. The summed E-state index contributed by atoms with van der Waals surface area (Å²) in [6, 6.07) is 11.4. The van der Waals surface area contributed by atoms with Gasteiger partial charge in [-0.3, -0.25) is 0 Å². The quantitative estimate of drug-likeness (QED) is 0.514. The Morgan fingerprint density at radius 3 is 2.56 bits per heavy atom. The van der Waals surface area contributed by atoms with E-state index in [9.17, 15) is 0 Å². The molecular formula is C17H25N. The molecule has 1 heteroatoms. The Hall–Kier alpha value is -1.26. The van der Waals surface area contributed by atoms with E-state index in [2.05, 4.69) is 48.5 Å². The van der Waals surface area contributed by atoms with Crippen LogP contribution in [-0.4, -0.2) is 12.6 Å². The Morgan fingerprint density at radius 2 is 1.89 bits per heavy atom. The highest BCUT2D eigenvalue weighted by atomic mass is 14.9. The summed E-state index contributed by atoms with van der Waals surface area (Å²) in [4.78, 5) is 0. The number of hydrogen-bond donors (Lipinski definition) is 1. The molecule has 0 saturated carbocycles. The third kappa shape index (κ3) is 6.47. The molecule has 0 aliphatic rings. The van der Waals surface area contributed by atoms with Crippen LogP contribution in [0.5, 0.6) is 0 Å². The van der Waals surface area contributed by atoms with Crippen LogP contribution in [0.15, 0.2) is 30.3 Å². The fourth-order valence-corrected chi connectivity index (χ4v) is 2.28. The molecule has 1 rings (SSSR count). The van der Waals surface area contributed by atoms with Gasteiger partial charge in [-0.25, -0.2) is 0 Å². The topological polar surface area (TPSA) is 12.0 Å². The van der Waals surface area contributed by atoms with Gasteiger partial charge in [0.2, 0.25) is 0 Å². The van der Waals surface area contributed by atoms with Gasteiger partial charge in [-0.05, 0) is 44.2 Å². The third-order valence-corrected chi connectivity index (χ3v) is 3.23. The first-order chi connectivity index (χ1) is 8.86. The van der Waals surface area contributed by atoms with Crippen LogP contribution in [0, 0.1) is 12.3 Å². The van der Waals surface area contributed by atoms with Crippen LogP contribution in [0.2, 0.25) is 0 Å². The maximum Gasteiger partial charge on any atom is 0.00866 e. The van der Waals surface area contributed by atoms with Crippen LogP contribution in [-0.2, 0) is 6.42 Å². The monoisotopic (exact) mass is 243 g/mol. The molecule has 0 saturated heterocycles. The van der Waals surface area contributed by atoms with Crippen molar-refractivity contribution in [3.05, 3.63) is 35.9 Å². The van der Waals surface area contributed by atoms with Crippen LogP contribution in [0.3, 0.4) is 0 Å². The molecule has 1 atom stereocenters. The maximum atomic E-state index is 5.29. The summed E-state index contributed by atoms with van der Waals surface area (Å²) in [6.07, 6.45) is 12.2. The molecule has 1 nitrogen and oxygen atoms in total. The highest BCUT2D eigenvalue weighted by molar-refractivity contribution is 5.14. The lowest BCUT2D eigenvalue weighted by molar-refractivity contribution is 0.443. The number of benzene rings is 1. The van der Waals surface area contributed by atoms with Crippen molar-refractivity contribution in [2.75, 3.05) is 6.54 Å². The van der Waals surface area contributed by atoms with Crippen molar-refractivity contribution in [2.45, 2.75) is 51.5 Å². The van der Waals surface area contributed by atoms with Crippen molar-refractivity contribution < 1.29 is 0 Å². The number of hydrogen-bond acceptors (Lipinski definition) is 1. The van der Waals surface area contributed by atoms with E-state index in [-0.39, 0.29) is 0 Å². The Morgan fingerprint density at radius 1 is 1.17 bits per heavy atom. The lowest BCUT2D eigenvalue weighted by atomic mass is 10.0. The van der Waals surface area contributed by atoms with Crippen LogP contribution < -0.4 is 5.32 Å². The second-order valence-electron chi connectivity index (χ2n) is 4.73. The largest absolute Gasteiger partial charge is 0.314 e. The predicted molar refractivity (Wildman–Crippen MR) is 79.5 cm³/mol. The first kappa shape index (κ1) is 14.8. The van der Waals surface area contributed by atoms with Gasteiger partial charge in [0.05, 0.1) is 0 Å². The molecule has 1 aromatic rings. The minimum absolute atomic E-state index is 0.632. The fraction of sp³-hybridized carbons (Fsp3) is 0.529. The van der Waals surface area contributed by atoms with Crippen LogP contribution >= 0.6 is 0 Å². The van der Waals surface area contributed by atoms with Gasteiger partial charge >= 0.3 is 0 Å². The zero-order valence-electron chi connectivity index (χ0n) is 11.5. The SMILES string of the molecule is C#CCCCC(CCCc1ccccc1)NCC. The minimum Gasteiger partial charge on any atom is -0.314 e. The molecular weight excluding hydrogens is 218 g/mol. The molecule has 0 aromatic heterocycles. The zero-order valence-corrected chi connectivity index (χ0v) is 11.5. The van der Waals surface area contributed by atoms with E-state index in [0.29, 0.717) is 6.04 Å². The number of unbranched alkanes of at least 4 members (excludes halogenated alkanes) is 1. The molecule has 0 fully saturated rings. The Kier molecular flexibility index (Phi) is 8.01. The van der Waals surface area contributed by atoms with Crippen molar-refractivity contribution in [3.8, 4) is 12.3 Å². The van der Waals surface area contributed by atoms with Gasteiger partial charge in [0, 0.05) is 12.5 Å². The van der Waals surface area contributed by atoms with Crippen molar-refractivity contribution in [1.82, 2.24) is 5.32 Å². The summed E-state index contributed by atoms with van der Waals surface area (Å²) in [5.41, 5.74) is 1.44. The number of terminal acetylenes is 1.